The highest BCUT2D eigenvalue weighted by Crippen LogP contribution is 2.11. The van der Waals surface area contributed by atoms with Crippen LogP contribution in [0.5, 0.6) is 0 Å². The van der Waals surface area contributed by atoms with Gasteiger partial charge in [0.15, 0.2) is 0 Å². The first kappa shape index (κ1) is 14.7. The molecule has 0 saturated heterocycles. The first-order valence-corrected chi connectivity index (χ1v) is 7.14. The van der Waals surface area contributed by atoms with E-state index in [-0.39, 0.29) is 5.82 Å². The third-order valence-corrected chi connectivity index (χ3v) is 3.39. The molecule has 1 aromatic heterocycles. The molecule has 20 heavy (non-hydrogen) atoms. The number of likely N-dealkylation sites (N-methyl/N-ethyl adjacent to an activating group) is 1. The van der Waals surface area contributed by atoms with Gasteiger partial charge in [-0.2, -0.15) is 0 Å². The van der Waals surface area contributed by atoms with E-state index in [1.54, 1.807) is 12.1 Å². The second kappa shape index (κ2) is 7.75. The maximum atomic E-state index is 13.2. The molecule has 2 rings (SSSR count). The molecule has 106 valence electrons. The Balaban J connectivity index is 1.93. The number of pyridine rings is 1. The number of halogens is 1. The summed E-state index contributed by atoms with van der Waals surface area (Å²) in [5.41, 5.74) is 2.34. The van der Waals surface area contributed by atoms with Gasteiger partial charge >= 0.3 is 0 Å². The average molecular weight is 272 g/mol. The number of benzene rings is 1. The minimum absolute atomic E-state index is 0.160. The van der Waals surface area contributed by atoms with E-state index in [2.05, 4.69) is 17.2 Å². The van der Waals surface area contributed by atoms with Crippen molar-refractivity contribution in [3.05, 3.63) is 65.7 Å². The van der Waals surface area contributed by atoms with Gasteiger partial charge in [0.1, 0.15) is 5.82 Å². The molecule has 2 nitrogen and oxygen atoms in total. The van der Waals surface area contributed by atoms with Crippen molar-refractivity contribution >= 4 is 0 Å². The lowest BCUT2D eigenvalue weighted by molar-refractivity contribution is 0.489. The molecule has 0 bridgehead atoms. The molecule has 3 heteroatoms. The molecule has 0 amide bonds. The second-order valence-electron chi connectivity index (χ2n) is 4.98. The molecule has 2 aromatic rings. The largest absolute Gasteiger partial charge is 0.314 e. The summed E-state index contributed by atoms with van der Waals surface area (Å²) in [6.07, 6.45) is 6.55. The summed E-state index contributed by atoms with van der Waals surface area (Å²) in [4.78, 5) is 4.03. The molecule has 0 aliphatic carbocycles. The second-order valence-corrected chi connectivity index (χ2v) is 4.98. The van der Waals surface area contributed by atoms with Crippen LogP contribution in [0, 0.1) is 5.82 Å². The predicted molar refractivity (Wildman–Crippen MR) is 80.1 cm³/mol. The Hall–Kier alpha value is -1.74. The number of nitrogens with zero attached hydrogens (tertiary/aromatic N) is 1. The van der Waals surface area contributed by atoms with Gasteiger partial charge in [0, 0.05) is 18.4 Å². The molecule has 1 aromatic carbocycles. The third-order valence-electron chi connectivity index (χ3n) is 3.39. The van der Waals surface area contributed by atoms with Crippen molar-refractivity contribution in [1.29, 1.82) is 0 Å². The molecule has 0 radical (unpaired) electrons. The molecule has 0 aliphatic rings. The highest BCUT2D eigenvalue weighted by Gasteiger charge is 2.09. The summed E-state index contributed by atoms with van der Waals surface area (Å²) in [6.45, 7) is 3.03. The topological polar surface area (TPSA) is 24.9 Å². The third kappa shape index (κ3) is 4.74. The van der Waals surface area contributed by atoms with Gasteiger partial charge in [-0.1, -0.05) is 19.1 Å². The molecule has 0 fully saturated rings. The number of nitrogens with one attached hydrogen (secondary N) is 1. The molecular weight excluding hydrogens is 251 g/mol. The highest BCUT2D eigenvalue weighted by atomic mass is 19.1. The Bertz CT molecular complexity index is 513. The molecule has 1 unspecified atom stereocenters. The van der Waals surface area contributed by atoms with Crippen LogP contribution < -0.4 is 5.32 Å². The van der Waals surface area contributed by atoms with Crippen molar-refractivity contribution in [3.63, 3.8) is 0 Å². The average Bonchev–Trinajstić information content (AvgIpc) is 2.46. The zero-order valence-electron chi connectivity index (χ0n) is 11.8. The summed E-state index contributed by atoms with van der Waals surface area (Å²) >= 11 is 0. The number of rotatable bonds is 7. The fraction of sp³-hybridized carbons (Fsp3) is 0.353. The molecule has 1 N–H and O–H groups in total. The van der Waals surface area contributed by atoms with Gasteiger partial charge in [-0.05, 0) is 61.2 Å². The molecule has 0 spiro atoms. The number of aryl methyl sites for hydroxylation is 1. The standard InChI is InChI=1S/C17H21FN2/c1-2-20-17(7-6-14-8-10-19-11-9-14)13-15-4-3-5-16(18)12-15/h3-5,8-12,17,20H,2,6-7,13H2,1H3. The molecule has 0 aliphatic heterocycles. The van der Waals surface area contributed by atoms with Crippen LogP contribution in [0.3, 0.4) is 0 Å². The van der Waals surface area contributed by atoms with Crippen LogP contribution in [0.4, 0.5) is 4.39 Å². The van der Waals surface area contributed by atoms with Crippen LogP contribution in [-0.2, 0) is 12.8 Å². The van der Waals surface area contributed by atoms with Crippen molar-refractivity contribution in [3.8, 4) is 0 Å². The van der Waals surface area contributed by atoms with E-state index in [0.29, 0.717) is 6.04 Å². The number of hydrogen-bond donors (Lipinski definition) is 1. The minimum atomic E-state index is -0.160. The van der Waals surface area contributed by atoms with E-state index in [1.807, 2.05) is 30.6 Å². The van der Waals surface area contributed by atoms with Crippen molar-refractivity contribution in [2.75, 3.05) is 6.54 Å². The van der Waals surface area contributed by atoms with Crippen LogP contribution in [-0.4, -0.2) is 17.6 Å². The Kier molecular flexibility index (Phi) is 5.69. The SMILES string of the molecule is CCNC(CCc1ccncc1)Cc1cccc(F)c1. The van der Waals surface area contributed by atoms with Crippen molar-refractivity contribution in [1.82, 2.24) is 10.3 Å². The molecular formula is C17H21FN2. The van der Waals surface area contributed by atoms with E-state index >= 15 is 0 Å². The lowest BCUT2D eigenvalue weighted by Crippen LogP contribution is -2.31. The van der Waals surface area contributed by atoms with E-state index in [9.17, 15) is 4.39 Å². The Morgan fingerprint density at radius 1 is 1.15 bits per heavy atom. The number of aromatic nitrogens is 1. The lowest BCUT2D eigenvalue weighted by atomic mass is 9.99. The van der Waals surface area contributed by atoms with Crippen molar-refractivity contribution in [2.45, 2.75) is 32.2 Å². The summed E-state index contributed by atoms with van der Waals surface area (Å²) < 4.78 is 13.2. The minimum Gasteiger partial charge on any atom is -0.314 e. The summed E-state index contributed by atoms with van der Waals surface area (Å²) in [6, 6.07) is 11.3. The van der Waals surface area contributed by atoms with E-state index in [4.69, 9.17) is 0 Å². The van der Waals surface area contributed by atoms with E-state index in [1.165, 1.54) is 11.6 Å². The first-order chi connectivity index (χ1) is 9.78. The van der Waals surface area contributed by atoms with Crippen LogP contribution in [0.1, 0.15) is 24.5 Å². The van der Waals surface area contributed by atoms with Crippen molar-refractivity contribution < 1.29 is 4.39 Å². The van der Waals surface area contributed by atoms with E-state index < -0.39 is 0 Å². The van der Waals surface area contributed by atoms with Crippen molar-refractivity contribution in [2.24, 2.45) is 0 Å². The number of hydrogen-bond acceptors (Lipinski definition) is 2. The van der Waals surface area contributed by atoms with Crippen LogP contribution in [0.25, 0.3) is 0 Å². The molecule has 1 heterocycles. The van der Waals surface area contributed by atoms with Gasteiger partial charge in [-0.15, -0.1) is 0 Å². The summed E-state index contributed by atoms with van der Waals surface area (Å²) in [5.74, 6) is -0.160. The monoisotopic (exact) mass is 272 g/mol. The quantitative estimate of drug-likeness (QED) is 0.836. The normalized spacial score (nSPS) is 12.3. The fourth-order valence-corrected chi connectivity index (χ4v) is 2.40. The maximum Gasteiger partial charge on any atom is 0.123 e. The van der Waals surface area contributed by atoms with Crippen LogP contribution in [0.2, 0.25) is 0 Å². The first-order valence-electron chi connectivity index (χ1n) is 7.14. The predicted octanol–water partition coefficient (Wildman–Crippen LogP) is 3.37. The maximum absolute atomic E-state index is 13.2. The summed E-state index contributed by atoms with van der Waals surface area (Å²) in [7, 11) is 0. The zero-order chi connectivity index (χ0) is 14.2. The van der Waals surface area contributed by atoms with Gasteiger partial charge in [0.25, 0.3) is 0 Å². The van der Waals surface area contributed by atoms with Gasteiger partial charge in [-0.3, -0.25) is 4.98 Å². The zero-order valence-corrected chi connectivity index (χ0v) is 11.8. The molecule has 0 saturated carbocycles. The van der Waals surface area contributed by atoms with Crippen LogP contribution >= 0.6 is 0 Å². The van der Waals surface area contributed by atoms with Crippen LogP contribution in [0.15, 0.2) is 48.8 Å². The Labute approximate surface area is 120 Å². The molecule has 1 atom stereocenters. The van der Waals surface area contributed by atoms with E-state index in [0.717, 1.165) is 31.4 Å². The van der Waals surface area contributed by atoms with Gasteiger partial charge in [0.05, 0.1) is 0 Å². The highest BCUT2D eigenvalue weighted by molar-refractivity contribution is 5.18. The van der Waals surface area contributed by atoms with Gasteiger partial charge in [0.2, 0.25) is 0 Å². The Morgan fingerprint density at radius 3 is 2.65 bits per heavy atom. The fourth-order valence-electron chi connectivity index (χ4n) is 2.40. The summed E-state index contributed by atoms with van der Waals surface area (Å²) in [5, 5.41) is 3.48. The Morgan fingerprint density at radius 2 is 1.95 bits per heavy atom. The smallest absolute Gasteiger partial charge is 0.123 e. The lowest BCUT2D eigenvalue weighted by Gasteiger charge is -2.18. The van der Waals surface area contributed by atoms with Gasteiger partial charge in [-0.25, -0.2) is 4.39 Å². The van der Waals surface area contributed by atoms with Gasteiger partial charge < -0.3 is 5.32 Å².